The van der Waals surface area contributed by atoms with Crippen LogP contribution in [0.4, 0.5) is 0 Å². The minimum atomic E-state index is -0.535. The number of rotatable bonds is 7. The zero-order valence-electron chi connectivity index (χ0n) is 16.7. The summed E-state index contributed by atoms with van der Waals surface area (Å²) >= 11 is 7.30. The Morgan fingerprint density at radius 2 is 2.00 bits per heavy atom. The molecule has 4 rings (SSSR count). The van der Waals surface area contributed by atoms with Crippen molar-refractivity contribution in [1.29, 1.82) is 0 Å². The highest BCUT2D eigenvalue weighted by molar-refractivity contribution is 7.99. The molecule has 0 radical (unpaired) electrons. The summed E-state index contributed by atoms with van der Waals surface area (Å²) in [5.74, 6) is 0.947. The number of amides is 2. The molecule has 3 aromatic rings. The highest BCUT2D eigenvalue weighted by atomic mass is 35.5. The third kappa shape index (κ3) is 4.94. The van der Waals surface area contributed by atoms with E-state index in [0.29, 0.717) is 35.5 Å². The van der Waals surface area contributed by atoms with Crippen LogP contribution in [0.5, 0.6) is 0 Å². The van der Waals surface area contributed by atoms with Crippen molar-refractivity contribution in [2.75, 3.05) is 12.3 Å². The lowest BCUT2D eigenvalue weighted by Gasteiger charge is -2.33. The maximum absolute atomic E-state index is 12.8. The Bertz CT molecular complexity index is 1050. The van der Waals surface area contributed by atoms with Gasteiger partial charge >= 0.3 is 0 Å². The second-order valence-electron chi connectivity index (χ2n) is 7.27. The number of benzene rings is 1. The molecule has 10 heteroatoms. The number of halogens is 1. The number of furan rings is 1. The molecule has 1 saturated heterocycles. The number of piperidine rings is 1. The third-order valence-corrected chi connectivity index (χ3v) is 6.39. The molecule has 2 N–H and O–H groups in total. The van der Waals surface area contributed by atoms with Gasteiger partial charge in [-0.05, 0) is 55.7 Å². The largest absolute Gasteiger partial charge is 0.467 e. The van der Waals surface area contributed by atoms with Gasteiger partial charge in [-0.15, -0.1) is 10.2 Å². The van der Waals surface area contributed by atoms with Crippen LogP contribution in [0.25, 0.3) is 11.4 Å². The maximum atomic E-state index is 12.8. The molecule has 1 unspecified atom stereocenters. The lowest BCUT2D eigenvalue weighted by molar-refractivity contribution is -0.138. The maximum Gasteiger partial charge on any atom is 0.240 e. The molecular formula is C21H22ClN5O3S. The van der Waals surface area contributed by atoms with E-state index < -0.39 is 11.9 Å². The van der Waals surface area contributed by atoms with Crippen LogP contribution in [0.2, 0.25) is 5.02 Å². The molecular weight excluding hydrogens is 438 g/mol. The first-order valence-electron chi connectivity index (χ1n) is 9.96. The molecule has 2 aromatic heterocycles. The Hall–Kier alpha value is -2.78. The predicted molar refractivity (Wildman–Crippen MR) is 118 cm³/mol. The number of nitrogens with zero attached hydrogens (tertiary/aromatic N) is 4. The number of hydrogen-bond donors (Lipinski definition) is 1. The van der Waals surface area contributed by atoms with E-state index in [1.54, 1.807) is 23.3 Å². The summed E-state index contributed by atoms with van der Waals surface area (Å²) in [6.45, 7) is 0.963. The summed E-state index contributed by atoms with van der Waals surface area (Å²) in [7, 11) is 0. The Kier molecular flexibility index (Phi) is 6.62. The highest BCUT2D eigenvalue weighted by Gasteiger charge is 2.30. The van der Waals surface area contributed by atoms with Crippen molar-refractivity contribution >= 4 is 35.2 Å². The van der Waals surface area contributed by atoms with Crippen LogP contribution in [0.15, 0.2) is 52.2 Å². The minimum absolute atomic E-state index is 0.130. The quantitative estimate of drug-likeness (QED) is 0.543. The van der Waals surface area contributed by atoms with Gasteiger partial charge in [0.15, 0.2) is 11.0 Å². The molecule has 31 heavy (non-hydrogen) atoms. The molecule has 0 aliphatic carbocycles. The Labute approximate surface area is 188 Å². The van der Waals surface area contributed by atoms with Gasteiger partial charge < -0.3 is 15.1 Å². The van der Waals surface area contributed by atoms with E-state index in [1.165, 1.54) is 11.8 Å². The molecule has 1 aliphatic heterocycles. The van der Waals surface area contributed by atoms with E-state index in [0.717, 1.165) is 24.2 Å². The second kappa shape index (κ2) is 9.57. The van der Waals surface area contributed by atoms with Crippen molar-refractivity contribution in [1.82, 2.24) is 19.7 Å². The zero-order chi connectivity index (χ0) is 21.8. The fraction of sp³-hybridized carbons (Fsp3) is 0.333. The first-order chi connectivity index (χ1) is 15.0. The minimum Gasteiger partial charge on any atom is -0.467 e. The highest BCUT2D eigenvalue weighted by Crippen LogP contribution is 2.27. The number of hydrogen-bond acceptors (Lipinski definition) is 6. The average molecular weight is 460 g/mol. The second-order valence-corrected chi connectivity index (χ2v) is 8.65. The van der Waals surface area contributed by atoms with Crippen molar-refractivity contribution < 1.29 is 14.0 Å². The van der Waals surface area contributed by atoms with Crippen LogP contribution in [0.1, 0.15) is 25.0 Å². The van der Waals surface area contributed by atoms with Gasteiger partial charge in [0.25, 0.3) is 0 Å². The molecule has 1 atom stereocenters. The molecule has 1 fully saturated rings. The predicted octanol–water partition coefficient (Wildman–Crippen LogP) is 3.20. The summed E-state index contributed by atoms with van der Waals surface area (Å²) < 4.78 is 7.40. The summed E-state index contributed by atoms with van der Waals surface area (Å²) in [6, 6.07) is 10.5. The number of thioether (sulfide) groups is 1. The van der Waals surface area contributed by atoms with Crippen molar-refractivity contribution in [2.45, 2.75) is 37.0 Å². The summed E-state index contributed by atoms with van der Waals surface area (Å²) in [5, 5.41) is 9.86. The van der Waals surface area contributed by atoms with Crippen LogP contribution >= 0.6 is 23.4 Å². The molecule has 2 amide bonds. The van der Waals surface area contributed by atoms with Gasteiger partial charge in [-0.1, -0.05) is 23.4 Å². The molecule has 0 saturated carbocycles. The lowest BCUT2D eigenvalue weighted by Crippen LogP contribution is -2.51. The van der Waals surface area contributed by atoms with E-state index in [-0.39, 0.29) is 11.7 Å². The molecule has 1 aliphatic rings. The van der Waals surface area contributed by atoms with Crippen molar-refractivity contribution in [3.8, 4) is 11.4 Å². The van der Waals surface area contributed by atoms with E-state index in [4.69, 9.17) is 21.8 Å². The topological polar surface area (TPSA) is 107 Å². The number of aromatic nitrogens is 3. The normalized spacial score (nSPS) is 16.4. The van der Waals surface area contributed by atoms with Gasteiger partial charge in [0, 0.05) is 17.1 Å². The molecule has 8 nitrogen and oxygen atoms in total. The average Bonchev–Trinajstić information content (AvgIpc) is 3.43. The SMILES string of the molecule is NC(=O)C1CCCCN1C(=O)CSc1nnc(-c2ccc(Cl)cc2)n1Cc1ccco1. The van der Waals surface area contributed by atoms with E-state index in [2.05, 4.69) is 10.2 Å². The Balaban J connectivity index is 1.55. The van der Waals surface area contributed by atoms with Gasteiger partial charge in [-0.2, -0.15) is 0 Å². The van der Waals surface area contributed by atoms with Gasteiger partial charge in [0.2, 0.25) is 11.8 Å². The fourth-order valence-corrected chi connectivity index (χ4v) is 4.59. The van der Waals surface area contributed by atoms with Crippen LogP contribution in [0, 0.1) is 0 Å². The summed E-state index contributed by atoms with van der Waals surface area (Å²) in [4.78, 5) is 26.2. The molecule has 3 heterocycles. The first-order valence-corrected chi connectivity index (χ1v) is 11.3. The third-order valence-electron chi connectivity index (χ3n) is 5.19. The summed E-state index contributed by atoms with van der Waals surface area (Å²) in [6.07, 6.45) is 3.99. The van der Waals surface area contributed by atoms with Gasteiger partial charge in [0.05, 0.1) is 18.6 Å². The van der Waals surface area contributed by atoms with Gasteiger partial charge in [0.1, 0.15) is 11.8 Å². The van der Waals surface area contributed by atoms with Crippen molar-refractivity contribution in [3.05, 3.63) is 53.4 Å². The Morgan fingerprint density at radius 1 is 1.19 bits per heavy atom. The summed E-state index contributed by atoms with van der Waals surface area (Å²) in [5.41, 5.74) is 6.35. The molecule has 162 valence electrons. The Morgan fingerprint density at radius 3 is 2.71 bits per heavy atom. The standard InChI is InChI=1S/C21H22ClN5O3S/c22-15-8-6-14(7-9-15)20-24-25-21(27(20)12-16-4-3-11-30-16)31-13-18(28)26-10-2-1-5-17(26)19(23)29/h3-4,6-9,11,17H,1-2,5,10,12-13H2,(H2,23,29). The van der Waals surface area contributed by atoms with Crippen LogP contribution in [-0.2, 0) is 16.1 Å². The number of likely N-dealkylation sites (tertiary alicyclic amines) is 1. The van der Waals surface area contributed by atoms with Crippen molar-refractivity contribution in [2.24, 2.45) is 5.73 Å². The number of carbonyl (C=O) groups excluding carboxylic acids is 2. The van der Waals surface area contributed by atoms with Gasteiger partial charge in [-0.3, -0.25) is 14.2 Å². The van der Waals surface area contributed by atoms with Crippen LogP contribution in [0.3, 0.4) is 0 Å². The molecule has 0 spiro atoms. The smallest absolute Gasteiger partial charge is 0.240 e. The monoisotopic (exact) mass is 459 g/mol. The van der Waals surface area contributed by atoms with Gasteiger partial charge in [-0.25, -0.2) is 0 Å². The van der Waals surface area contributed by atoms with E-state index >= 15 is 0 Å². The van der Waals surface area contributed by atoms with Crippen LogP contribution < -0.4 is 5.73 Å². The van der Waals surface area contributed by atoms with Crippen molar-refractivity contribution in [3.63, 3.8) is 0 Å². The number of nitrogens with two attached hydrogens (primary N) is 1. The van der Waals surface area contributed by atoms with E-state index in [1.807, 2.05) is 28.8 Å². The van der Waals surface area contributed by atoms with Crippen LogP contribution in [-0.4, -0.2) is 49.8 Å². The first kappa shape index (κ1) is 21.5. The molecule has 1 aromatic carbocycles. The number of primary amides is 1. The number of carbonyl (C=O) groups is 2. The zero-order valence-corrected chi connectivity index (χ0v) is 18.3. The lowest BCUT2D eigenvalue weighted by atomic mass is 10.0. The fourth-order valence-electron chi connectivity index (χ4n) is 3.64. The van der Waals surface area contributed by atoms with E-state index in [9.17, 15) is 9.59 Å². The molecule has 0 bridgehead atoms.